The van der Waals surface area contributed by atoms with Crippen LogP contribution in [0.5, 0.6) is 0 Å². The van der Waals surface area contributed by atoms with Crippen LogP contribution in [0.3, 0.4) is 0 Å². The number of ether oxygens (including phenoxy) is 1. The molecule has 1 aliphatic heterocycles. The third-order valence-electron chi connectivity index (χ3n) is 1.89. The lowest BCUT2D eigenvalue weighted by molar-refractivity contribution is -0.163. The van der Waals surface area contributed by atoms with Crippen LogP contribution in [0.15, 0.2) is 0 Å². The SMILES string of the molecule is CC1OCCC1(O)C(=O)O. The van der Waals surface area contributed by atoms with Crippen LogP contribution in [0.1, 0.15) is 13.3 Å². The summed E-state index contributed by atoms with van der Waals surface area (Å²) in [5, 5.41) is 17.8. The summed E-state index contributed by atoms with van der Waals surface area (Å²) in [4.78, 5) is 10.4. The second kappa shape index (κ2) is 2.21. The van der Waals surface area contributed by atoms with Crippen LogP contribution in [0.25, 0.3) is 0 Å². The first-order chi connectivity index (χ1) is 4.57. The number of carboxylic acids is 1. The Bertz CT molecular complexity index is 156. The van der Waals surface area contributed by atoms with Crippen LogP contribution < -0.4 is 0 Å². The highest BCUT2D eigenvalue weighted by molar-refractivity contribution is 5.78. The molecule has 0 spiro atoms. The summed E-state index contributed by atoms with van der Waals surface area (Å²) in [5.41, 5.74) is -1.65. The molecule has 2 unspecified atom stereocenters. The molecule has 0 radical (unpaired) electrons. The zero-order chi connectivity index (χ0) is 7.78. The van der Waals surface area contributed by atoms with Crippen molar-refractivity contribution in [3.8, 4) is 0 Å². The Balaban J connectivity index is 2.75. The molecule has 2 atom stereocenters. The molecule has 4 heteroatoms. The maximum atomic E-state index is 10.4. The van der Waals surface area contributed by atoms with Gasteiger partial charge in [0.25, 0.3) is 0 Å². The molecule has 0 aliphatic carbocycles. The van der Waals surface area contributed by atoms with Crippen LogP contribution in [-0.4, -0.2) is 34.5 Å². The maximum absolute atomic E-state index is 10.4. The third kappa shape index (κ3) is 0.892. The minimum atomic E-state index is -1.65. The van der Waals surface area contributed by atoms with Crippen molar-refractivity contribution in [1.29, 1.82) is 0 Å². The van der Waals surface area contributed by atoms with Gasteiger partial charge >= 0.3 is 5.97 Å². The first kappa shape index (κ1) is 7.50. The predicted molar refractivity (Wildman–Crippen MR) is 32.6 cm³/mol. The van der Waals surface area contributed by atoms with Gasteiger partial charge in [0.1, 0.15) is 0 Å². The second-order valence-electron chi connectivity index (χ2n) is 2.49. The van der Waals surface area contributed by atoms with Crippen molar-refractivity contribution >= 4 is 5.97 Å². The van der Waals surface area contributed by atoms with E-state index < -0.39 is 17.7 Å². The number of hydrogen-bond donors (Lipinski definition) is 2. The molecule has 0 saturated carbocycles. The Morgan fingerprint density at radius 1 is 1.80 bits per heavy atom. The molecule has 1 fully saturated rings. The average Bonchev–Trinajstić information content (AvgIpc) is 2.15. The fourth-order valence-electron chi connectivity index (χ4n) is 1.01. The van der Waals surface area contributed by atoms with E-state index in [1.54, 1.807) is 6.92 Å². The molecule has 1 saturated heterocycles. The zero-order valence-electron chi connectivity index (χ0n) is 5.70. The molecule has 58 valence electrons. The Kier molecular flexibility index (Phi) is 1.66. The number of carbonyl (C=O) groups is 1. The van der Waals surface area contributed by atoms with E-state index in [2.05, 4.69) is 0 Å². The third-order valence-corrected chi connectivity index (χ3v) is 1.89. The van der Waals surface area contributed by atoms with Gasteiger partial charge in [-0.15, -0.1) is 0 Å². The van der Waals surface area contributed by atoms with Crippen molar-refractivity contribution in [2.45, 2.75) is 25.0 Å². The molecule has 1 aliphatic rings. The number of aliphatic hydroxyl groups is 1. The van der Waals surface area contributed by atoms with Gasteiger partial charge in [0.2, 0.25) is 0 Å². The molecule has 2 N–H and O–H groups in total. The van der Waals surface area contributed by atoms with Crippen LogP contribution in [0, 0.1) is 0 Å². The van der Waals surface area contributed by atoms with Gasteiger partial charge in [-0.05, 0) is 6.92 Å². The second-order valence-corrected chi connectivity index (χ2v) is 2.49. The first-order valence-corrected chi connectivity index (χ1v) is 3.15. The summed E-state index contributed by atoms with van der Waals surface area (Å²) in [6.07, 6.45) is -0.409. The van der Waals surface area contributed by atoms with E-state index in [-0.39, 0.29) is 6.42 Å². The summed E-state index contributed by atoms with van der Waals surface area (Å²) >= 11 is 0. The molecule has 0 amide bonds. The van der Waals surface area contributed by atoms with Crippen LogP contribution in [-0.2, 0) is 9.53 Å². The van der Waals surface area contributed by atoms with E-state index in [0.717, 1.165) is 0 Å². The number of hydrogen-bond acceptors (Lipinski definition) is 3. The van der Waals surface area contributed by atoms with E-state index in [1.165, 1.54) is 0 Å². The maximum Gasteiger partial charge on any atom is 0.338 e. The van der Waals surface area contributed by atoms with Gasteiger partial charge in [-0.3, -0.25) is 0 Å². The lowest BCUT2D eigenvalue weighted by atomic mass is 9.97. The molecule has 1 heterocycles. The molecule has 0 aromatic carbocycles. The monoisotopic (exact) mass is 146 g/mol. The summed E-state index contributed by atoms with van der Waals surface area (Å²) in [7, 11) is 0. The lowest BCUT2D eigenvalue weighted by Gasteiger charge is -2.19. The summed E-state index contributed by atoms with van der Waals surface area (Å²) in [6, 6.07) is 0. The lowest BCUT2D eigenvalue weighted by Crippen LogP contribution is -2.44. The summed E-state index contributed by atoms with van der Waals surface area (Å²) in [5.74, 6) is -1.20. The minimum absolute atomic E-state index is 0.184. The van der Waals surface area contributed by atoms with Gasteiger partial charge < -0.3 is 14.9 Å². The van der Waals surface area contributed by atoms with E-state index >= 15 is 0 Å². The molecule has 4 nitrogen and oxygen atoms in total. The molecule has 10 heavy (non-hydrogen) atoms. The van der Waals surface area contributed by atoms with Crippen molar-refractivity contribution in [2.24, 2.45) is 0 Å². The molecule has 0 bridgehead atoms. The Morgan fingerprint density at radius 2 is 2.40 bits per heavy atom. The highest BCUT2D eigenvalue weighted by Gasteiger charge is 2.46. The fraction of sp³-hybridized carbons (Fsp3) is 0.833. The molecule has 0 aromatic heterocycles. The topological polar surface area (TPSA) is 66.8 Å². The van der Waals surface area contributed by atoms with Gasteiger partial charge in [-0.25, -0.2) is 4.79 Å². The Morgan fingerprint density at radius 3 is 2.60 bits per heavy atom. The van der Waals surface area contributed by atoms with Crippen molar-refractivity contribution in [1.82, 2.24) is 0 Å². The van der Waals surface area contributed by atoms with Gasteiger partial charge in [0, 0.05) is 6.42 Å². The van der Waals surface area contributed by atoms with Gasteiger partial charge in [-0.2, -0.15) is 0 Å². The van der Waals surface area contributed by atoms with Gasteiger partial charge in [0.05, 0.1) is 12.7 Å². The molecule has 0 aromatic rings. The fourth-order valence-corrected chi connectivity index (χ4v) is 1.01. The van der Waals surface area contributed by atoms with Crippen molar-refractivity contribution in [3.05, 3.63) is 0 Å². The normalized spacial score (nSPS) is 40.0. The molecular formula is C6H10O4. The first-order valence-electron chi connectivity index (χ1n) is 3.15. The number of rotatable bonds is 1. The molecular weight excluding hydrogens is 136 g/mol. The van der Waals surface area contributed by atoms with Crippen molar-refractivity contribution < 1.29 is 19.7 Å². The smallest absolute Gasteiger partial charge is 0.338 e. The van der Waals surface area contributed by atoms with Gasteiger partial charge in [0.15, 0.2) is 5.60 Å². The van der Waals surface area contributed by atoms with E-state index in [9.17, 15) is 9.90 Å². The Labute approximate surface area is 58.4 Å². The number of carboxylic acid groups (broad SMARTS) is 1. The average molecular weight is 146 g/mol. The quantitative estimate of drug-likeness (QED) is 0.528. The summed E-state index contributed by atoms with van der Waals surface area (Å²) in [6.45, 7) is 1.88. The standard InChI is InChI=1S/C6H10O4/c1-4-6(9,5(7)8)2-3-10-4/h4,9H,2-3H2,1H3,(H,7,8). The highest BCUT2D eigenvalue weighted by Crippen LogP contribution is 2.25. The number of aliphatic carboxylic acids is 1. The van der Waals surface area contributed by atoms with Gasteiger partial charge in [-0.1, -0.05) is 0 Å². The van der Waals surface area contributed by atoms with E-state index in [1.807, 2.05) is 0 Å². The van der Waals surface area contributed by atoms with Crippen LogP contribution in [0.2, 0.25) is 0 Å². The highest BCUT2D eigenvalue weighted by atomic mass is 16.5. The van der Waals surface area contributed by atoms with Crippen LogP contribution >= 0.6 is 0 Å². The largest absolute Gasteiger partial charge is 0.479 e. The Hall–Kier alpha value is -0.610. The van der Waals surface area contributed by atoms with Crippen molar-refractivity contribution in [3.63, 3.8) is 0 Å². The summed E-state index contributed by atoms with van der Waals surface area (Å²) < 4.78 is 4.90. The van der Waals surface area contributed by atoms with E-state index in [0.29, 0.717) is 6.61 Å². The van der Waals surface area contributed by atoms with E-state index in [4.69, 9.17) is 9.84 Å². The zero-order valence-corrected chi connectivity index (χ0v) is 5.70. The predicted octanol–water partition coefficient (Wildman–Crippen LogP) is -0.389. The van der Waals surface area contributed by atoms with Crippen LogP contribution in [0.4, 0.5) is 0 Å². The van der Waals surface area contributed by atoms with Crippen molar-refractivity contribution in [2.75, 3.05) is 6.61 Å². The minimum Gasteiger partial charge on any atom is -0.479 e. The molecule has 1 rings (SSSR count).